The molecule has 0 aliphatic carbocycles. The fourth-order valence-corrected chi connectivity index (χ4v) is 8.18. The Morgan fingerprint density at radius 3 is 1.63 bits per heavy atom. The van der Waals surface area contributed by atoms with E-state index in [1.54, 1.807) is 0 Å². The molecule has 2 aliphatic heterocycles. The monoisotopic (exact) mass is 775 g/mol. The number of hydrogen-bond acceptors (Lipinski definition) is 7. The van der Waals surface area contributed by atoms with Crippen LogP contribution in [0.5, 0.6) is 0 Å². The Bertz CT molecular complexity index is 1100. The van der Waals surface area contributed by atoms with Gasteiger partial charge in [-0.3, -0.25) is 9.59 Å². The molecule has 2 rings (SSSR count). The lowest BCUT2D eigenvalue weighted by Gasteiger charge is -2.16. The zero-order valence-electron chi connectivity index (χ0n) is 33.7. The smallest absolute Gasteiger partial charge is 0.315 e. The minimum absolute atomic E-state index is 0.0467. The fourth-order valence-electron chi connectivity index (χ4n) is 6.64. The van der Waals surface area contributed by atoms with Crippen LogP contribution in [0.1, 0.15) is 155 Å². The van der Waals surface area contributed by atoms with Gasteiger partial charge in [-0.25, -0.2) is 4.79 Å². The summed E-state index contributed by atoms with van der Waals surface area (Å²) in [7, 11) is 0. The standard InChI is InChI=1S/C43H74N4O6S/c1-2-3-4-5-6-7-8-9-10-11-12-13-14-15-16-17-18-19-20-21-22-23-27-40(48)44-29-31-51-33-35-53-36-34-52-32-30-45-41(49)28-25-24-26-39-42-38(37-54-39)46-43(50)47-42/h38-39,42H,2-12,17-37H2,1H3,(H,44,48)(H,45,49)(H2,46,47,50)/t38?,39-,42?/m0/s1. The molecule has 2 heterocycles. The number of amides is 4. The Labute approximate surface area is 332 Å². The molecule has 0 bridgehead atoms. The van der Waals surface area contributed by atoms with E-state index in [1.807, 2.05) is 11.8 Å². The van der Waals surface area contributed by atoms with E-state index in [2.05, 4.69) is 51.9 Å². The van der Waals surface area contributed by atoms with Crippen molar-refractivity contribution < 1.29 is 28.6 Å². The lowest BCUT2D eigenvalue weighted by molar-refractivity contribution is -0.122. The third-order valence-electron chi connectivity index (χ3n) is 9.81. The largest absolute Gasteiger partial charge is 0.377 e. The zero-order valence-corrected chi connectivity index (χ0v) is 34.5. The highest BCUT2D eigenvalue weighted by atomic mass is 32.2. The van der Waals surface area contributed by atoms with Crippen LogP contribution in [0.25, 0.3) is 0 Å². The number of fused-ring (bicyclic) bond motifs is 1. The second-order valence-electron chi connectivity index (χ2n) is 14.6. The molecule has 11 heteroatoms. The van der Waals surface area contributed by atoms with Crippen molar-refractivity contribution in [1.82, 2.24) is 21.3 Å². The summed E-state index contributed by atoms with van der Waals surface area (Å²) in [4.78, 5) is 35.6. The van der Waals surface area contributed by atoms with E-state index >= 15 is 0 Å². The van der Waals surface area contributed by atoms with Crippen molar-refractivity contribution in [2.45, 2.75) is 172 Å². The summed E-state index contributed by atoms with van der Waals surface area (Å²) in [6, 6.07) is 0.416. The Balaban J connectivity index is 1.21. The van der Waals surface area contributed by atoms with E-state index in [4.69, 9.17) is 14.2 Å². The lowest BCUT2D eigenvalue weighted by atomic mass is 10.0. The number of nitrogens with one attached hydrogen (secondary N) is 4. The Hall–Kier alpha value is -2.44. The fraction of sp³-hybridized carbons (Fsp3) is 0.837. The average molecular weight is 775 g/mol. The molecule has 2 unspecified atom stereocenters. The van der Waals surface area contributed by atoms with Gasteiger partial charge in [-0.2, -0.15) is 11.8 Å². The van der Waals surface area contributed by atoms with E-state index in [0.29, 0.717) is 70.8 Å². The van der Waals surface area contributed by atoms with Crippen molar-refractivity contribution in [3.05, 3.63) is 0 Å². The van der Waals surface area contributed by atoms with Gasteiger partial charge in [0.05, 0.1) is 51.7 Å². The molecule has 0 aromatic carbocycles. The second kappa shape index (κ2) is 35.0. The van der Waals surface area contributed by atoms with Crippen LogP contribution >= 0.6 is 11.8 Å². The van der Waals surface area contributed by atoms with Gasteiger partial charge >= 0.3 is 6.03 Å². The molecule has 0 spiro atoms. The van der Waals surface area contributed by atoms with Crippen LogP contribution in [0.3, 0.4) is 0 Å². The van der Waals surface area contributed by atoms with Crippen LogP contribution in [-0.4, -0.2) is 93.7 Å². The first-order valence-electron chi connectivity index (χ1n) is 21.5. The second-order valence-corrected chi connectivity index (χ2v) is 15.8. The number of urea groups is 1. The Kier molecular flexibility index (Phi) is 30.9. The van der Waals surface area contributed by atoms with Gasteiger partial charge < -0.3 is 35.5 Å². The van der Waals surface area contributed by atoms with Gasteiger partial charge in [0.1, 0.15) is 0 Å². The highest BCUT2D eigenvalue weighted by Gasteiger charge is 2.42. The highest BCUT2D eigenvalue weighted by molar-refractivity contribution is 8.00. The molecule has 0 aromatic rings. The van der Waals surface area contributed by atoms with E-state index in [1.165, 1.54) is 77.0 Å². The van der Waals surface area contributed by atoms with Crippen LogP contribution in [0, 0.1) is 23.7 Å². The maximum absolute atomic E-state index is 12.1. The number of unbranched alkanes of at least 4 members (excludes halogenated alkanes) is 17. The van der Waals surface area contributed by atoms with E-state index in [0.717, 1.165) is 63.5 Å². The van der Waals surface area contributed by atoms with E-state index < -0.39 is 0 Å². The lowest BCUT2D eigenvalue weighted by Crippen LogP contribution is -2.36. The van der Waals surface area contributed by atoms with Gasteiger partial charge in [-0.15, -0.1) is 0 Å². The maximum Gasteiger partial charge on any atom is 0.315 e. The normalized spacial score (nSPS) is 17.1. The first-order valence-corrected chi connectivity index (χ1v) is 22.6. The van der Waals surface area contributed by atoms with Crippen LogP contribution < -0.4 is 21.3 Å². The SMILES string of the molecule is CCCCCCCCCCCCC#CC#CCCCCCCCCC(=O)NCCOCCOCCOCCNC(=O)CCCC[C@@H]1SCC2NC(=O)NC21. The van der Waals surface area contributed by atoms with Gasteiger partial charge in [0.2, 0.25) is 11.8 Å². The van der Waals surface area contributed by atoms with Crippen molar-refractivity contribution in [2.24, 2.45) is 0 Å². The molecular formula is C43H74N4O6S. The summed E-state index contributed by atoms with van der Waals surface area (Å²) in [5.41, 5.74) is 0. The van der Waals surface area contributed by atoms with Gasteiger partial charge in [0.25, 0.3) is 0 Å². The molecule has 3 atom stereocenters. The van der Waals surface area contributed by atoms with Gasteiger partial charge in [0, 0.05) is 49.8 Å². The van der Waals surface area contributed by atoms with E-state index in [-0.39, 0.29) is 29.9 Å². The van der Waals surface area contributed by atoms with E-state index in [9.17, 15) is 14.4 Å². The average Bonchev–Trinajstić information content (AvgIpc) is 3.73. The van der Waals surface area contributed by atoms with Crippen molar-refractivity contribution in [3.63, 3.8) is 0 Å². The van der Waals surface area contributed by atoms with Gasteiger partial charge in [-0.05, 0) is 43.9 Å². The molecule has 10 nitrogen and oxygen atoms in total. The Morgan fingerprint density at radius 2 is 1.09 bits per heavy atom. The first-order chi connectivity index (χ1) is 26.6. The minimum atomic E-state index is -0.0573. The summed E-state index contributed by atoms with van der Waals surface area (Å²) >= 11 is 1.91. The van der Waals surface area contributed by atoms with Gasteiger partial charge in [-0.1, -0.05) is 109 Å². The third-order valence-corrected chi connectivity index (χ3v) is 11.3. The predicted molar refractivity (Wildman–Crippen MR) is 221 cm³/mol. The molecular weight excluding hydrogens is 701 g/mol. The van der Waals surface area contributed by atoms with Gasteiger partial charge in [0.15, 0.2) is 0 Å². The van der Waals surface area contributed by atoms with Crippen molar-refractivity contribution in [1.29, 1.82) is 0 Å². The highest BCUT2D eigenvalue weighted by Crippen LogP contribution is 2.33. The third kappa shape index (κ3) is 27.2. The van der Waals surface area contributed by atoms with Crippen molar-refractivity contribution >= 4 is 29.6 Å². The van der Waals surface area contributed by atoms with Crippen LogP contribution in [0.15, 0.2) is 0 Å². The zero-order chi connectivity index (χ0) is 38.6. The Morgan fingerprint density at radius 1 is 0.630 bits per heavy atom. The van der Waals surface area contributed by atoms with Crippen LogP contribution in [0.4, 0.5) is 4.79 Å². The molecule has 54 heavy (non-hydrogen) atoms. The molecule has 0 aromatic heterocycles. The number of thioether (sulfide) groups is 1. The maximum atomic E-state index is 12.1. The molecule has 4 N–H and O–H groups in total. The molecule has 0 saturated carbocycles. The number of hydrogen-bond donors (Lipinski definition) is 4. The summed E-state index contributed by atoms with van der Waals surface area (Å²) in [6.07, 6.45) is 26.0. The number of carbonyl (C=O) groups excluding carboxylic acids is 3. The molecule has 2 aliphatic rings. The summed E-state index contributed by atoms with van der Waals surface area (Å²) in [5.74, 6) is 13.5. The predicted octanol–water partition coefficient (Wildman–Crippen LogP) is 7.43. The molecule has 0 radical (unpaired) electrons. The number of ether oxygens (including phenoxy) is 3. The molecule has 308 valence electrons. The number of rotatable bonds is 35. The molecule has 4 amide bonds. The molecule has 2 fully saturated rings. The quantitative estimate of drug-likeness (QED) is 0.0300. The summed E-state index contributed by atoms with van der Waals surface area (Å²) < 4.78 is 16.6. The summed E-state index contributed by atoms with van der Waals surface area (Å²) in [6.45, 7) is 6.05. The molecule has 2 saturated heterocycles. The van der Waals surface area contributed by atoms with Crippen LogP contribution in [0.2, 0.25) is 0 Å². The summed E-state index contributed by atoms with van der Waals surface area (Å²) in [5, 5.41) is 12.2. The van der Waals surface area contributed by atoms with Crippen LogP contribution in [-0.2, 0) is 23.8 Å². The number of carbonyl (C=O) groups is 3. The first kappa shape index (κ1) is 47.7. The topological polar surface area (TPSA) is 127 Å². The van der Waals surface area contributed by atoms with Crippen molar-refractivity contribution in [2.75, 3.05) is 58.5 Å². The minimum Gasteiger partial charge on any atom is -0.377 e. The van der Waals surface area contributed by atoms with Crippen molar-refractivity contribution in [3.8, 4) is 23.7 Å².